The summed E-state index contributed by atoms with van der Waals surface area (Å²) in [7, 11) is 1.71. The van der Waals surface area contributed by atoms with E-state index in [9.17, 15) is 0 Å². The van der Waals surface area contributed by atoms with Gasteiger partial charge in [-0.25, -0.2) is 4.98 Å². The van der Waals surface area contributed by atoms with E-state index in [-0.39, 0.29) is 0 Å². The van der Waals surface area contributed by atoms with Gasteiger partial charge in [-0.3, -0.25) is 0 Å². The normalized spacial score (nSPS) is 17.8. The number of aromatic nitrogens is 2. The third kappa shape index (κ3) is 1.67. The number of aryl methyl sites for hydroxylation is 1. The molecule has 4 heteroatoms. The van der Waals surface area contributed by atoms with Crippen molar-refractivity contribution in [3.63, 3.8) is 0 Å². The summed E-state index contributed by atoms with van der Waals surface area (Å²) in [6.45, 7) is 1.08. The van der Waals surface area contributed by atoms with Crippen LogP contribution in [0.15, 0.2) is 36.8 Å². The zero-order valence-corrected chi connectivity index (χ0v) is 11.5. The lowest BCUT2D eigenvalue weighted by Gasteiger charge is -2.04. The molecule has 1 aliphatic heterocycles. The van der Waals surface area contributed by atoms with Crippen molar-refractivity contribution < 1.29 is 4.74 Å². The highest BCUT2D eigenvalue weighted by Crippen LogP contribution is 2.40. The Bertz CT molecular complexity index is 744. The fourth-order valence-corrected chi connectivity index (χ4v) is 4.05. The molecule has 4 rings (SSSR count). The number of thiophene rings is 1. The summed E-state index contributed by atoms with van der Waals surface area (Å²) in [6.07, 6.45) is 5.12. The maximum absolute atomic E-state index is 5.29. The second-order valence-electron chi connectivity index (χ2n) is 4.91. The first-order chi connectivity index (χ1) is 9.35. The van der Waals surface area contributed by atoms with Gasteiger partial charge in [-0.05, 0) is 36.1 Å². The van der Waals surface area contributed by atoms with Crippen molar-refractivity contribution in [3.8, 4) is 5.75 Å². The number of hydrogen-bond donors (Lipinski definition) is 0. The minimum Gasteiger partial charge on any atom is -0.497 e. The number of benzene rings is 1. The maximum Gasteiger partial charge on any atom is 0.119 e. The number of nitrogens with zero attached hydrogens (tertiary/aromatic N) is 2. The lowest BCUT2D eigenvalue weighted by atomic mass is 10.0. The molecule has 0 saturated heterocycles. The second kappa shape index (κ2) is 4.10. The molecule has 0 amide bonds. The van der Waals surface area contributed by atoms with Crippen LogP contribution in [0.25, 0.3) is 10.1 Å². The van der Waals surface area contributed by atoms with E-state index < -0.39 is 0 Å². The third-order valence-corrected chi connectivity index (χ3v) is 5.08. The number of rotatable bonds is 2. The molecule has 3 heterocycles. The number of ether oxygens (including phenoxy) is 1. The molecule has 0 fully saturated rings. The van der Waals surface area contributed by atoms with Crippen LogP contribution in [0.4, 0.5) is 0 Å². The van der Waals surface area contributed by atoms with Crippen molar-refractivity contribution in [2.75, 3.05) is 7.11 Å². The van der Waals surface area contributed by atoms with Crippen molar-refractivity contribution in [2.45, 2.75) is 18.9 Å². The quantitative estimate of drug-likeness (QED) is 0.711. The summed E-state index contributed by atoms with van der Waals surface area (Å²) >= 11 is 1.88. The maximum atomic E-state index is 5.29. The molecule has 0 N–H and O–H groups in total. The van der Waals surface area contributed by atoms with Crippen molar-refractivity contribution in [3.05, 3.63) is 47.4 Å². The van der Waals surface area contributed by atoms with Gasteiger partial charge in [-0.15, -0.1) is 11.3 Å². The zero-order valence-electron chi connectivity index (χ0n) is 10.7. The van der Waals surface area contributed by atoms with Gasteiger partial charge >= 0.3 is 0 Å². The van der Waals surface area contributed by atoms with Crippen molar-refractivity contribution in [1.82, 2.24) is 9.55 Å². The first kappa shape index (κ1) is 11.1. The molecule has 0 saturated carbocycles. The first-order valence-corrected chi connectivity index (χ1v) is 7.24. The summed E-state index contributed by atoms with van der Waals surface area (Å²) in [6, 6.07) is 8.59. The number of imidazole rings is 1. The molecule has 19 heavy (non-hydrogen) atoms. The van der Waals surface area contributed by atoms with E-state index in [2.05, 4.69) is 27.8 Å². The largest absolute Gasteiger partial charge is 0.497 e. The van der Waals surface area contributed by atoms with E-state index in [0.717, 1.165) is 12.3 Å². The number of methoxy groups -OCH3 is 1. The topological polar surface area (TPSA) is 27.1 Å². The first-order valence-electron chi connectivity index (χ1n) is 6.42. The van der Waals surface area contributed by atoms with Crippen LogP contribution in [0, 0.1) is 0 Å². The molecule has 0 spiro atoms. The van der Waals surface area contributed by atoms with Gasteiger partial charge in [0.15, 0.2) is 0 Å². The number of fused-ring (bicyclic) bond motifs is 2. The van der Waals surface area contributed by atoms with Crippen molar-refractivity contribution >= 4 is 21.4 Å². The molecule has 3 nitrogen and oxygen atoms in total. The summed E-state index contributed by atoms with van der Waals surface area (Å²) in [4.78, 5) is 5.68. The lowest BCUT2D eigenvalue weighted by Crippen LogP contribution is -1.92. The monoisotopic (exact) mass is 270 g/mol. The smallest absolute Gasteiger partial charge is 0.119 e. The Kier molecular flexibility index (Phi) is 2.38. The van der Waals surface area contributed by atoms with E-state index in [1.165, 1.54) is 27.1 Å². The summed E-state index contributed by atoms with van der Waals surface area (Å²) in [5, 5.41) is 1.28. The van der Waals surface area contributed by atoms with Gasteiger partial charge in [-0.2, -0.15) is 0 Å². The SMILES string of the molecule is COc1ccc2sc(C3CCn4cncc43)cc2c1. The predicted molar refractivity (Wildman–Crippen MR) is 77.1 cm³/mol. The Morgan fingerprint density at radius 1 is 1.37 bits per heavy atom. The van der Waals surface area contributed by atoms with Crippen molar-refractivity contribution in [1.29, 1.82) is 0 Å². The Hall–Kier alpha value is -1.81. The molecule has 1 atom stereocenters. The standard InChI is InChI=1S/C15H14N2OS/c1-18-11-2-3-14-10(6-11)7-15(19-14)12-4-5-17-9-16-8-13(12)17/h2-3,6-9,12H,4-5H2,1H3. The molecule has 0 bridgehead atoms. The van der Waals surface area contributed by atoms with Gasteiger partial charge in [0.2, 0.25) is 0 Å². The van der Waals surface area contributed by atoms with Crippen LogP contribution < -0.4 is 4.74 Å². The molecule has 0 radical (unpaired) electrons. The molecule has 2 aromatic heterocycles. The van der Waals surface area contributed by atoms with Gasteiger partial charge in [-0.1, -0.05) is 0 Å². The highest BCUT2D eigenvalue weighted by molar-refractivity contribution is 7.19. The Balaban J connectivity index is 1.80. The average molecular weight is 270 g/mol. The summed E-state index contributed by atoms with van der Waals surface area (Å²) in [5.41, 5.74) is 1.35. The van der Waals surface area contributed by atoms with Crippen LogP contribution in [0.3, 0.4) is 0 Å². The molecule has 1 unspecified atom stereocenters. The molecular formula is C15H14N2OS. The van der Waals surface area contributed by atoms with Gasteiger partial charge < -0.3 is 9.30 Å². The minimum atomic E-state index is 0.505. The van der Waals surface area contributed by atoms with Crippen molar-refractivity contribution in [2.24, 2.45) is 0 Å². The Morgan fingerprint density at radius 2 is 2.32 bits per heavy atom. The average Bonchev–Trinajstić information content (AvgIpc) is 3.11. The van der Waals surface area contributed by atoms with Crippen LogP contribution in [-0.4, -0.2) is 16.7 Å². The van der Waals surface area contributed by atoms with E-state index in [0.29, 0.717) is 5.92 Å². The predicted octanol–water partition coefficient (Wildman–Crippen LogP) is 3.64. The van der Waals surface area contributed by atoms with Crippen LogP contribution in [0.5, 0.6) is 5.75 Å². The molecule has 3 aromatic rings. The van der Waals surface area contributed by atoms with E-state index in [4.69, 9.17) is 4.74 Å². The number of hydrogen-bond acceptors (Lipinski definition) is 3. The van der Waals surface area contributed by atoms with Gasteiger partial charge in [0.25, 0.3) is 0 Å². The summed E-state index contributed by atoms with van der Waals surface area (Å²) in [5.74, 6) is 1.43. The molecule has 1 aliphatic rings. The fraction of sp³-hybridized carbons (Fsp3) is 0.267. The van der Waals surface area contributed by atoms with Gasteiger partial charge in [0.05, 0.1) is 13.4 Å². The molecular weight excluding hydrogens is 256 g/mol. The second-order valence-corrected chi connectivity index (χ2v) is 6.02. The fourth-order valence-electron chi connectivity index (χ4n) is 2.85. The highest BCUT2D eigenvalue weighted by atomic mass is 32.1. The van der Waals surface area contributed by atoms with Gasteiger partial charge in [0, 0.05) is 33.9 Å². The van der Waals surface area contributed by atoms with E-state index in [1.54, 1.807) is 7.11 Å². The summed E-state index contributed by atoms with van der Waals surface area (Å²) < 4.78 is 8.88. The van der Waals surface area contributed by atoms with Crippen LogP contribution in [0.2, 0.25) is 0 Å². The Labute approximate surface area is 115 Å². The molecule has 0 aliphatic carbocycles. The minimum absolute atomic E-state index is 0.505. The Morgan fingerprint density at radius 3 is 3.21 bits per heavy atom. The molecule has 96 valence electrons. The van der Waals surface area contributed by atoms with Crippen LogP contribution in [-0.2, 0) is 6.54 Å². The van der Waals surface area contributed by atoms with E-state index >= 15 is 0 Å². The van der Waals surface area contributed by atoms with E-state index in [1.807, 2.05) is 29.9 Å². The van der Waals surface area contributed by atoms with Crippen LogP contribution in [0.1, 0.15) is 22.9 Å². The zero-order chi connectivity index (χ0) is 12.8. The molecule has 1 aromatic carbocycles. The lowest BCUT2D eigenvalue weighted by molar-refractivity contribution is 0.415. The van der Waals surface area contributed by atoms with Gasteiger partial charge in [0.1, 0.15) is 5.75 Å². The highest BCUT2D eigenvalue weighted by Gasteiger charge is 2.25. The van der Waals surface area contributed by atoms with Crippen LogP contribution >= 0.6 is 11.3 Å². The third-order valence-electron chi connectivity index (χ3n) is 3.85.